The third-order valence-corrected chi connectivity index (χ3v) is 4.36. The molecule has 0 aliphatic heterocycles. The molecule has 128 valence electrons. The van der Waals surface area contributed by atoms with Gasteiger partial charge in [0.1, 0.15) is 11.5 Å². The number of ether oxygens (including phenoxy) is 2. The normalized spacial score (nSPS) is 12.5. The molecule has 0 fully saturated rings. The largest absolute Gasteiger partial charge is 0.497 e. The SMILES string of the molecule is COc1ccc(OC)c(NC(N)=NCC(C)Sc2ccccc2)c1. The molecule has 5 nitrogen and oxygen atoms in total. The number of anilines is 1. The maximum absolute atomic E-state index is 6.00. The molecule has 6 heteroatoms. The van der Waals surface area contributed by atoms with E-state index in [0.717, 1.165) is 11.4 Å². The molecular formula is C18H23N3O2S. The second-order valence-electron chi connectivity index (χ2n) is 5.16. The van der Waals surface area contributed by atoms with Crippen LogP contribution in [0.15, 0.2) is 58.4 Å². The van der Waals surface area contributed by atoms with E-state index in [1.807, 2.05) is 36.4 Å². The molecule has 2 aromatic carbocycles. The maximum atomic E-state index is 6.00. The van der Waals surface area contributed by atoms with E-state index in [2.05, 4.69) is 29.4 Å². The Morgan fingerprint density at radius 3 is 2.58 bits per heavy atom. The number of nitrogens with two attached hydrogens (primary N) is 1. The zero-order valence-electron chi connectivity index (χ0n) is 14.2. The van der Waals surface area contributed by atoms with Crippen molar-refractivity contribution >= 4 is 23.4 Å². The first-order valence-corrected chi connectivity index (χ1v) is 8.51. The van der Waals surface area contributed by atoms with Crippen LogP contribution in [0.1, 0.15) is 6.92 Å². The molecule has 1 atom stereocenters. The van der Waals surface area contributed by atoms with E-state index >= 15 is 0 Å². The van der Waals surface area contributed by atoms with Crippen molar-refractivity contribution in [2.24, 2.45) is 10.7 Å². The Balaban J connectivity index is 1.96. The smallest absolute Gasteiger partial charge is 0.193 e. The highest BCUT2D eigenvalue weighted by molar-refractivity contribution is 8.00. The van der Waals surface area contributed by atoms with Gasteiger partial charge in [0.2, 0.25) is 0 Å². The molecule has 0 aliphatic carbocycles. The molecule has 1 unspecified atom stereocenters. The first-order chi connectivity index (χ1) is 11.6. The standard InChI is InChI=1S/C18H23N3O2S/c1-13(24-15-7-5-4-6-8-15)12-20-18(19)21-16-11-14(22-2)9-10-17(16)23-3/h4-11,13H,12H2,1-3H3,(H3,19,20,21). The van der Waals surface area contributed by atoms with Gasteiger partial charge in [-0.25, -0.2) is 0 Å². The average molecular weight is 345 g/mol. The highest BCUT2D eigenvalue weighted by Gasteiger charge is 2.07. The van der Waals surface area contributed by atoms with Crippen molar-refractivity contribution in [3.8, 4) is 11.5 Å². The third-order valence-electron chi connectivity index (χ3n) is 3.27. The lowest BCUT2D eigenvalue weighted by Gasteiger charge is -2.13. The van der Waals surface area contributed by atoms with Crippen LogP contribution in [0.2, 0.25) is 0 Å². The second-order valence-corrected chi connectivity index (χ2v) is 6.67. The lowest BCUT2D eigenvalue weighted by molar-refractivity contribution is 0.405. The van der Waals surface area contributed by atoms with Crippen LogP contribution in [-0.2, 0) is 0 Å². The summed E-state index contributed by atoms with van der Waals surface area (Å²) in [6.07, 6.45) is 0. The molecule has 0 saturated carbocycles. The molecule has 0 radical (unpaired) electrons. The highest BCUT2D eigenvalue weighted by Crippen LogP contribution is 2.28. The fraction of sp³-hybridized carbons (Fsp3) is 0.278. The molecule has 0 saturated heterocycles. The Kier molecular flexibility index (Phi) is 6.81. The fourth-order valence-electron chi connectivity index (χ4n) is 2.08. The molecular weight excluding hydrogens is 322 g/mol. The van der Waals surface area contributed by atoms with Crippen LogP contribution >= 0.6 is 11.8 Å². The van der Waals surface area contributed by atoms with Crippen LogP contribution in [0, 0.1) is 0 Å². The lowest BCUT2D eigenvalue weighted by Crippen LogP contribution is -2.24. The molecule has 0 bridgehead atoms. The van der Waals surface area contributed by atoms with Gasteiger partial charge >= 0.3 is 0 Å². The highest BCUT2D eigenvalue weighted by atomic mass is 32.2. The summed E-state index contributed by atoms with van der Waals surface area (Å²) in [6, 6.07) is 15.7. The lowest BCUT2D eigenvalue weighted by atomic mass is 10.2. The molecule has 2 aromatic rings. The molecule has 24 heavy (non-hydrogen) atoms. The van der Waals surface area contributed by atoms with Gasteiger partial charge in [0.25, 0.3) is 0 Å². The number of hydrogen-bond donors (Lipinski definition) is 2. The number of guanidine groups is 1. The van der Waals surface area contributed by atoms with Crippen LogP contribution in [-0.4, -0.2) is 32.0 Å². The summed E-state index contributed by atoms with van der Waals surface area (Å²) in [5, 5.41) is 3.39. The summed E-state index contributed by atoms with van der Waals surface area (Å²) >= 11 is 1.77. The Morgan fingerprint density at radius 2 is 1.92 bits per heavy atom. The predicted molar refractivity (Wildman–Crippen MR) is 101 cm³/mol. The van der Waals surface area contributed by atoms with Crippen molar-refractivity contribution in [1.29, 1.82) is 0 Å². The summed E-state index contributed by atoms with van der Waals surface area (Å²) in [5.74, 6) is 1.75. The Labute approximate surface area is 147 Å². The van der Waals surface area contributed by atoms with Crippen LogP contribution in [0.25, 0.3) is 0 Å². The number of hydrogen-bond acceptors (Lipinski definition) is 4. The van der Waals surface area contributed by atoms with E-state index < -0.39 is 0 Å². The number of nitrogens with zero attached hydrogens (tertiary/aromatic N) is 1. The van der Waals surface area contributed by atoms with Crippen LogP contribution in [0.4, 0.5) is 5.69 Å². The van der Waals surface area contributed by atoms with Gasteiger partial charge in [0.15, 0.2) is 5.96 Å². The molecule has 0 aliphatic rings. The van der Waals surface area contributed by atoms with Crippen molar-refractivity contribution in [2.45, 2.75) is 17.1 Å². The van der Waals surface area contributed by atoms with Gasteiger partial charge in [-0.15, -0.1) is 11.8 Å². The second kappa shape index (κ2) is 9.08. The first kappa shape index (κ1) is 18.0. The first-order valence-electron chi connectivity index (χ1n) is 7.63. The van der Waals surface area contributed by atoms with Gasteiger partial charge in [-0.3, -0.25) is 4.99 Å². The van der Waals surface area contributed by atoms with Crippen molar-refractivity contribution in [1.82, 2.24) is 0 Å². The number of nitrogens with one attached hydrogen (secondary N) is 1. The van der Waals surface area contributed by atoms with Gasteiger partial charge in [0, 0.05) is 16.2 Å². The van der Waals surface area contributed by atoms with Gasteiger partial charge in [0.05, 0.1) is 26.5 Å². The minimum atomic E-state index is 0.319. The quantitative estimate of drug-likeness (QED) is 0.456. The number of rotatable bonds is 7. The van der Waals surface area contributed by atoms with E-state index in [0.29, 0.717) is 23.5 Å². The van der Waals surface area contributed by atoms with Crippen LogP contribution in [0.3, 0.4) is 0 Å². The van der Waals surface area contributed by atoms with Crippen molar-refractivity contribution in [2.75, 3.05) is 26.1 Å². The van der Waals surface area contributed by atoms with E-state index in [-0.39, 0.29) is 0 Å². The van der Waals surface area contributed by atoms with Crippen molar-refractivity contribution < 1.29 is 9.47 Å². The Morgan fingerprint density at radius 1 is 1.17 bits per heavy atom. The summed E-state index contributed by atoms with van der Waals surface area (Å²) < 4.78 is 10.5. The zero-order chi connectivity index (χ0) is 17.4. The minimum Gasteiger partial charge on any atom is -0.497 e. The number of benzene rings is 2. The topological polar surface area (TPSA) is 68.9 Å². The Bertz CT molecular complexity index is 677. The maximum Gasteiger partial charge on any atom is 0.193 e. The van der Waals surface area contributed by atoms with Gasteiger partial charge < -0.3 is 20.5 Å². The fourth-order valence-corrected chi connectivity index (χ4v) is 3.01. The van der Waals surface area contributed by atoms with Gasteiger partial charge in [-0.1, -0.05) is 25.1 Å². The third kappa shape index (κ3) is 5.38. The van der Waals surface area contributed by atoms with Crippen molar-refractivity contribution in [3.63, 3.8) is 0 Å². The molecule has 3 N–H and O–H groups in total. The molecule has 0 aromatic heterocycles. The molecule has 0 spiro atoms. The zero-order valence-corrected chi connectivity index (χ0v) is 15.0. The minimum absolute atomic E-state index is 0.319. The van der Waals surface area contributed by atoms with E-state index in [1.54, 1.807) is 26.0 Å². The Hall–Kier alpha value is -2.34. The predicted octanol–water partition coefficient (Wildman–Crippen LogP) is 3.61. The molecule has 2 rings (SSSR count). The van der Waals surface area contributed by atoms with Crippen LogP contribution < -0.4 is 20.5 Å². The summed E-state index contributed by atoms with van der Waals surface area (Å²) in [5.41, 5.74) is 6.72. The number of thioether (sulfide) groups is 1. The van der Waals surface area contributed by atoms with Crippen LogP contribution in [0.5, 0.6) is 11.5 Å². The van der Waals surface area contributed by atoms with Gasteiger partial charge in [-0.05, 0) is 24.3 Å². The molecule has 0 amide bonds. The van der Waals surface area contributed by atoms with Gasteiger partial charge in [-0.2, -0.15) is 0 Å². The number of methoxy groups -OCH3 is 2. The summed E-state index contributed by atoms with van der Waals surface area (Å²) in [7, 11) is 3.23. The van der Waals surface area contributed by atoms with E-state index in [1.165, 1.54) is 4.90 Å². The average Bonchev–Trinajstić information content (AvgIpc) is 2.60. The summed E-state index contributed by atoms with van der Waals surface area (Å²) in [6.45, 7) is 2.74. The monoisotopic (exact) mass is 345 g/mol. The van der Waals surface area contributed by atoms with E-state index in [9.17, 15) is 0 Å². The van der Waals surface area contributed by atoms with Crippen molar-refractivity contribution in [3.05, 3.63) is 48.5 Å². The van der Waals surface area contributed by atoms with E-state index in [4.69, 9.17) is 15.2 Å². The molecule has 0 heterocycles. The number of aliphatic imine (C=N–C) groups is 1. The summed E-state index contributed by atoms with van der Waals surface area (Å²) in [4.78, 5) is 5.64.